The fourth-order valence-corrected chi connectivity index (χ4v) is 4.05. The number of nitrogens with zero attached hydrogens (tertiary/aromatic N) is 2. The molecule has 0 spiro atoms. The van der Waals surface area contributed by atoms with Gasteiger partial charge in [-0.25, -0.2) is 0 Å². The highest BCUT2D eigenvalue weighted by atomic mass is 16.6. The number of hydrogen-bond acceptors (Lipinski definition) is 7. The molecule has 3 heterocycles. The quantitative estimate of drug-likeness (QED) is 0.699. The summed E-state index contributed by atoms with van der Waals surface area (Å²) in [7, 11) is 0. The van der Waals surface area contributed by atoms with Crippen LogP contribution in [-0.2, 0) is 20.6 Å². The number of fused-ring (bicyclic) bond motifs is 3. The van der Waals surface area contributed by atoms with Crippen molar-refractivity contribution in [3.8, 4) is 5.75 Å². The van der Waals surface area contributed by atoms with Crippen molar-refractivity contribution in [2.45, 2.75) is 52.5 Å². The van der Waals surface area contributed by atoms with Gasteiger partial charge in [0.25, 0.3) is 0 Å². The van der Waals surface area contributed by atoms with E-state index in [1.54, 1.807) is 0 Å². The van der Waals surface area contributed by atoms with Crippen molar-refractivity contribution in [3.63, 3.8) is 0 Å². The van der Waals surface area contributed by atoms with Crippen LogP contribution in [0.25, 0.3) is 5.70 Å². The summed E-state index contributed by atoms with van der Waals surface area (Å²) >= 11 is 0. The van der Waals surface area contributed by atoms with Crippen molar-refractivity contribution in [1.29, 1.82) is 0 Å². The zero-order valence-electron chi connectivity index (χ0n) is 18.8. The molecule has 0 amide bonds. The third-order valence-corrected chi connectivity index (χ3v) is 5.71. The number of aliphatic imine (C=N–C) groups is 1. The Bertz CT molecular complexity index is 824. The van der Waals surface area contributed by atoms with Crippen molar-refractivity contribution in [2.75, 3.05) is 39.6 Å². The highest BCUT2D eigenvalue weighted by Gasteiger charge is 2.30. The van der Waals surface area contributed by atoms with Crippen molar-refractivity contribution in [1.82, 2.24) is 4.90 Å². The van der Waals surface area contributed by atoms with E-state index >= 15 is 0 Å². The van der Waals surface area contributed by atoms with Crippen molar-refractivity contribution < 1.29 is 24.1 Å². The second-order valence-corrected chi connectivity index (χ2v) is 9.50. The molecule has 31 heavy (non-hydrogen) atoms. The highest BCUT2D eigenvalue weighted by molar-refractivity contribution is 5.97. The topological polar surface area (TPSA) is 72.8 Å². The Balaban J connectivity index is 1.41. The molecular weight excluding hydrogens is 396 g/mol. The van der Waals surface area contributed by atoms with Crippen LogP contribution in [0.5, 0.6) is 5.75 Å². The summed E-state index contributed by atoms with van der Waals surface area (Å²) in [6.45, 7) is 10.2. The van der Waals surface area contributed by atoms with Crippen molar-refractivity contribution >= 4 is 11.6 Å². The number of hydrogen-bond donors (Lipinski definition) is 1. The fourth-order valence-electron chi connectivity index (χ4n) is 4.05. The molecule has 1 N–H and O–H groups in total. The Morgan fingerprint density at radius 3 is 2.87 bits per heavy atom. The SMILES string of the molecule is CC(C)(C)CCCOc1ccc2c(c1)CCN1C2=CC(OC[C@@H]2COCCO2)=NC1O. The van der Waals surface area contributed by atoms with Gasteiger partial charge in [-0.2, -0.15) is 4.99 Å². The molecule has 0 aromatic heterocycles. The van der Waals surface area contributed by atoms with Gasteiger partial charge < -0.3 is 29.0 Å². The van der Waals surface area contributed by atoms with Crippen LogP contribution in [0.3, 0.4) is 0 Å². The van der Waals surface area contributed by atoms with Gasteiger partial charge in [-0.05, 0) is 48.4 Å². The van der Waals surface area contributed by atoms with E-state index in [1.807, 2.05) is 17.0 Å². The third kappa shape index (κ3) is 5.79. The average Bonchev–Trinajstić information content (AvgIpc) is 2.75. The van der Waals surface area contributed by atoms with Crippen LogP contribution in [0.1, 0.15) is 44.7 Å². The first-order valence-corrected chi connectivity index (χ1v) is 11.2. The van der Waals surface area contributed by atoms with E-state index in [2.05, 4.69) is 37.9 Å². The summed E-state index contributed by atoms with van der Waals surface area (Å²) in [4.78, 5) is 6.19. The summed E-state index contributed by atoms with van der Waals surface area (Å²) in [5.74, 6) is 1.32. The maximum atomic E-state index is 10.5. The van der Waals surface area contributed by atoms with Gasteiger partial charge in [0.1, 0.15) is 18.5 Å². The zero-order valence-corrected chi connectivity index (χ0v) is 18.8. The lowest BCUT2D eigenvalue weighted by Crippen LogP contribution is -2.41. The van der Waals surface area contributed by atoms with Gasteiger partial charge in [0.2, 0.25) is 12.2 Å². The molecule has 0 saturated carbocycles. The smallest absolute Gasteiger partial charge is 0.229 e. The minimum atomic E-state index is -0.944. The maximum Gasteiger partial charge on any atom is 0.229 e. The van der Waals surface area contributed by atoms with Crippen LogP contribution in [0, 0.1) is 5.41 Å². The minimum absolute atomic E-state index is 0.110. The lowest BCUT2D eigenvalue weighted by molar-refractivity contribution is -0.103. The number of rotatable bonds is 6. The van der Waals surface area contributed by atoms with Crippen LogP contribution in [0.15, 0.2) is 29.3 Å². The third-order valence-electron chi connectivity index (χ3n) is 5.71. The number of benzene rings is 1. The summed E-state index contributed by atoms with van der Waals surface area (Å²) in [6.07, 6.45) is 3.86. The van der Waals surface area contributed by atoms with Crippen LogP contribution in [0.2, 0.25) is 0 Å². The molecule has 1 fully saturated rings. The molecular formula is C24H34N2O5. The summed E-state index contributed by atoms with van der Waals surface area (Å²) in [6, 6.07) is 6.20. The Hall–Kier alpha value is -2.09. The Morgan fingerprint density at radius 2 is 2.10 bits per heavy atom. The average molecular weight is 431 g/mol. The second-order valence-electron chi connectivity index (χ2n) is 9.50. The van der Waals surface area contributed by atoms with E-state index in [0.29, 0.717) is 44.3 Å². The van der Waals surface area contributed by atoms with Gasteiger partial charge in [-0.15, -0.1) is 0 Å². The van der Waals surface area contributed by atoms with Crippen LogP contribution in [0.4, 0.5) is 0 Å². The van der Waals surface area contributed by atoms with E-state index in [4.69, 9.17) is 18.9 Å². The largest absolute Gasteiger partial charge is 0.494 e. The van der Waals surface area contributed by atoms with Gasteiger partial charge >= 0.3 is 0 Å². The Kier molecular flexibility index (Phi) is 6.84. The van der Waals surface area contributed by atoms with Crippen molar-refractivity contribution in [3.05, 3.63) is 35.4 Å². The van der Waals surface area contributed by atoms with Crippen LogP contribution >= 0.6 is 0 Å². The number of aliphatic hydroxyl groups is 1. The minimum Gasteiger partial charge on any atom is -0.494 e. The van der Waals surface area contributed by atoms with Crippen LogP contribution < -0.4 is 4.74 Å². The molecule has 7 nitrogen and oxygen atoms in total. The maximum absolute atomic E-state index is 10.5. The molecule has 170 valence electrons. The van der Waals surface area contributed by atoms with E-state index in [0.717, 1.165) is 42.9 Å². The van der Waals surface area contributed by atoms with E-state index in [-0.39, 0.29) is 6.10 Å². The molecule has 2 atom stereocenters. The molecule has 0 radical (unpaired) electrons. The monoisotopic (exact) mass is 430 g/mol. The molecule has 3 aliphatic rings. The van der Waals surface area contributed by atoms with E-state index < -0.39 is 6.35 Å². The zero-order chi connectivity index (χ0) is 21.8. The number of aliphatic hydroxyl groups excluding tert-OH is 1. The Morgan fingerprint density at radius 1 is 1.23 bits per heavy atom. The van der Waals surface area contributed by atoms with Gasteiger partial charge in [0, 0.05) is 18.2 Å². The van der Waals surface area contributed by atoms with E-state index in [9.17, 15) is 5.11 Å². The number of ether oxygens (including phenoxy) is 4. The predicted molar refractivity (Wildman–Crippen MR) is 119 cm³/mol. The molecule has 4 rings (SSSR count). The summed E-state index contributed by atoms with van der Waals surface area (Å²) in [5.41, 5.74) is 3.56. The lowest BCUT2D eigenvalue weighted by Gasteiger charge is -2.37. The molecule has 1 unspecified atom stereocenters. The standard InChI is InChI=1S/C24H34N2O5/c1-24(2,3)8-4-10-29-18-5-6-20-17(13-18)7-9-26-21(20)14-22(25-23(26)27)31-16-19-15-28-11-12-30-19/h5-6,13-14,19,23,27H,4,7-12,15-16H2,1-3H3/t19-,23?/m0/s1. The first kappa shape index (κ1) is 22.1. The van der Waals surface area contributed by atoms with Gasteiger partial charge in [0.05, 0.1) is 32.1 Å². The molecule has 3 aliphatic heterocycles. The summed E-state index contributed by atoms with van der Waals surface area (Å²) in [5, 5.41) is 10.5. The normalized spacial score (nSPS) is 23.4. The van der Waals surface area contributed by atoms with Crippen molar-refractivity contribution in [2.24, 2.45) is 10.4 Å². The highest BCUT2D eigenvalue weighted by Crippen LogP contribution is 2.34. The molecule has 0 aliphatic carbocycles. The molecule has 1 aromatic rings. The Labute approximate surface area is 184 Å². The summed E-state index contributed by atoms with van der Waals surface area (Å²) < 4.78 is 22.9. The van der Waals surface area contributed by atoms with Crippen LogP contribution in [-0.4, -0.2) is 67.9 Å². The second kappa shape index (κ2) is 9.59. The first-order chi connectivity index (χ1) is 14.9. The molecule has 1 saturated heterocycles. The lowest BCUT2D eigenvalue weighted by atomic mass is 9.91. The van der Waals surface area contributed by atoms with Gasteiger partial charge in [-0.3, -0.25) is 0 Å². The molecule has 7 heteroatoms. The molecule has 1 aromatic carbocycles. The predicted octanol–water partition coefficient (Wildman–Crippen LogP) is 3.21. The first-order valence-electron chi connectivity index (χ1n) is 11.2. The van der Waals surface area contributed by atoms with E-state index in [1.165, 1.54) is 5.56 Å². The molecule has 0 bridgehead atoms. The van der Waals surface area contributed by atoms with Gasteiger partial charge in [-0.1, -0.05) is 20.8 Å². The fraction of sp³-hybridized carbons (Fsp3) is 0.625. The van der Waals surface area contributed by atoms with Gasteiger partial charge in [0.15, 0.2) is 0 Å².